The molecule has 1 aromatic carbocycles. The minimum atomic E-state index is -0.269. The van der Waals surface area contributed by atoms with E-state index < -0.39 is 0 Å². The molecule has 0 unspecified atom stereocenters. The van der Waals surface area contributed by atoms with Gasteiger partial charge >= 0.3 is 0 Å². The van der Waals surface area contributed by atoms with Gasteiger partial charge in [-0.1, -0.05) is 34.5 Å². The fraction of sp³-hybridized carbons (Fsp3) is 0.200. The average molecular weight is 371 g/mol. The number of benzene rings is 1. The number of halogens is 2. The van der Waals surface area contributed by atoms with E-state index in [2.05, 4.69) is 4.99 Å². The molecular weight excluding hydrogens is 359 g/mol. The van der Waals surface area contributed by atoms with Crippen molar-refractivity contribution >= 4 is 62.0 Å². The summed E-state index contributed by atoms with van der Waals surface area (Å²) in [5.41, 5.74) is 2.04. The monoisotopic (exact) mass is 370 g/mol. The normalized spacial score (nSPS) is 12.3. The van der Waals surface area contributed by atoms with Gasteiger partial charge in [-0.3, -0.25) is 4.79 Å². The van der Waals surface area contributed by atoms with Crippen molar-refractivity contribution < 1.29 is 4.79 Å². The van der Waals surface area contributed by atoms with Crippen LogP contribution in [0.2, 0.25) is 9.36 Å². The molecule has 3 aromatic rings. The van der Waals surface area contributed by atoms with E-state index in [0.717, 1.165) is 27.3 Å². The van der Waals surface area contributed by atoms with E-state index in [1.165, 1.54) is 22.7 Å². The van der Waals surface area contributed by atoms with Gasteiger partial charge in [-0.25, -0.2) is 0 Å². The number of carbonyl (C=O) groups excluding carboxylic acids is 1. The molecule has 0 aliphatic rings. The van der Waals surface area contributed by atoms with Crippen LogP contribution in [-0.4, -0.2) is 10.5 Å². The molecule has 3 rings (SSSR count). The van der Waals surface area contributed by atoms with Crippen LogP contribution in [0.25, 0.3) is 10.2 Å². The first-order valence-corrected chi connectivity index (χ1v) is 9.03. The smallest absolute Gasteiger partial charge is 0.289 e. The predicted octanol–water partition coefficient (Wildman–Crippen LogP) is 5.14. The van der Waals surface area contributed by atoms with Crippen LogP contribution in [0.5, 0.6) is 0 Å². The number of carbonyl (C=O) groups is 1. The molecule has 0 aliphatic carbocycles. The van der Waals surface area contributed by atoms with Crippen molar-refractivity contribution in [2.24, 2.45) is 4.99 Å². The van der Waals surface area contributed by atoms with Crippen LogP contribution in [0, 0.1) is 6.92 Å². The molecule has 0 bridgehead atoms. The van der Waals surface area contributed by atoms with Crippen molar-refractivity contribution in [2.75, 3.05) is 0 Å². The topological polar surface area (TPSA) is 34.4 Å². The number of aryl methyl sites for hydroxylation is 2. The highest BCUT2D eigenvalue weighted by molar-refractivity contribution is 7.18. The Morgan fingerprint density at radius 3 is 2.64 bits per heavy atom. The van der Waals surface area contributed by atoms with Gasteiger partial charge in [0.15, 0.2) is 4.80 Å². The first-order chi connectivity index (χ1) is 10.5. The first-order valence-electron chi connectivity index (χ1n) is 6.64. The van der Waals surface area contributed by atoms with Crippen LogP contribution in [0.1, 0.15) is 22.2 Å². The van der Waals surface area contributed by atoms with E-state index in [9.17, 15) is 4.79 Å². The molecule has 3 nitrogen and oxygen atoms in total. The van der Waals surface area contributed by atoms with Crippen molar-refractivity contribution in [3.05, 3.63) is 48.9 Å². The molecule has 0 spiro atoms. The summed E-state index contributed by atoms with van der Waals surface area (Å²) in [7, 11) is 0. The molecule has 0 atom stereocenters. The van der Waals surface area contributed by atoms with Crippen LogP contribution in [0.3, 0.4) is 0 Å². The standard InChI is InChI=1S/C15H12Cl2N2OS2/c1-3-19-13-8(2)9(16)4-5-10(13)22-15(19)18-14(20)11-6-7-12(17)21-11/h4-7H,3H2,1-2H3. The number of rotatable bonds is 2. The number of thiophene rings is 1. The zero-order chi connectivity index (χ0) is 15.9. The highest BCUT2D eigenvalue weighted by atomic mass is 35.5. The molecule has 114 valence electrons. The predicted molar refractivity (Wildman–Crippen MR) is 94.5 cm³/mol. The molecule has 0 saturated carbocycles. The quantitative estimate of drug-likeness (QED) is 0.614. The SMILES string of the molecule is CCn1c(=NC(=O)c2ccc(Cl)s2)sc2ccc(Cl)c(C)c21. The van der Waals surface area contributed by atoms with Gasteiger partial charge in [-0.2, -0.15) is 4.99 Å². The highest BCUT2D eigenvalue weighted by Crippen LogP contribution is 2.27. The number of thiazole rings is 1. The van der Waals surface area contributed by atoms with Gasteiger partial charge in [0.2, 0.25) is 0 Å². The molecule has 2 heterocycles. The lowest BCUT2D eigenvalue weighted by Crippen LogP contribution is -2.16. The van der Waals surface area contributed by atoms with Gasteiger partial charge < -0.3 is 4.57 Å². The maximum absolute atomic E-state index is 12.3. The Morgan fingerprint density at radius 2 is 2.00 bits per heavy atom. The molecule has 0 fully saturated rings. The number of nitrogens with zero attached hydrogens (tertiary/aromatic N) is 2. The Bertz CT molecular complexity index is 937. The van der Waals surface area contributed by atoms with Crippen LogP contribution in [-0.2, 0) is 6.54 Å². The van der Waals surface area contributed by atoms with Crippen LogP contribution in [0.4, 0.5) is 0 Å². The van der Waals surface area contributed by atoms with Gasteiger partial charge in [-0.05, 0) is 43.7 Å². The summed E-state index contributed by atoms with van der Waals surface area (Å²) in [6.07, 6.45) is 0. The average Bonchev–Trinajstić information content (AvgIpc) is 3.06. The summed E-state index contributed by atoms with van der Waals surface area (Å²) >= 11 is 14.8. The Balaban J connectivity index is 2.20. The molecule has 0 radical (unpaired) electrons. The van der Waals surface area contributed by atoms with Crippen molar-refractivity contribution in [3.8, 4) is 0 Å². The van der Waals surface area contributed by atoms with E-state index in [0.29, 0.717) is 14.0 Å². The lowest BCUT2D eigenvalue weighted by Gasteiger charge is -2.04. The zero-order valence-electron chi connectivity index (χ0n) is 11.9. The third kappa shape index (κ3) is 2.74. The van der Waals surface area contributed by atoms with E-state index >= 15 is 0 Å². The van der Waals surface area contributed by atoms with Crippen molar-refractivity contribution in [2.45, 2.75) is 20.4 Å². The summed E-state index contributed by atoms with van der Waals surface area (Å²) < 4.78 is 3.68. The molecule has 2 aromatic heterocycles. The number of hydrogen-bond donors (Lipinski definition) is 0. The van der Waals surface area contributed by atoms with Gasteiger partial charge in [0.05, 0.1) is 19.4 Å². The van der Waals surface area contributed by atoms with E-state index in [1.807, 2.05) is 30.5 Å². The Labute approximate surface area is 145 Å². The Morgan fingerprint density at radius 1 is 1.23 bits per heavy atom. The summed E-state index contributed by atoms with van der Waals surface area (Å²) in [6.45, 7) is 4.73. The largest absolute Gasteiger partial charge is 0.316 e. The lowest BCUT2D eigenvalue weighted by molar-refractivity contribution is 0.100. The second kappa shape index (κ2) is 6.16. The summed E-state index contributed by atoms with van der Waals surface area (Å²) in [5, 5.41) is 0.718. The van der Waals surface area contributed by atoms with Crippen LogP contribution in [0.15, 0.2) is 29.3 Å². The van der Waals surface area contributed by atoms with E-state index in [1.54, 1.807) is 12.1 Å². The number of aromatic nitrogens is 1. The van der Waals surface area contributed by atoms with Crippen LogP contribution < -0.4 is 4.80 Å². The van der Waals surface area contributed by atoms with Gasteiger partial charge in [0.1, 0.15) is 0 Å². The van der Waals surface area contributed by atoms with E-state index in [-0.39, 0.29) is 5.91 Å². The fourth-order valence-corrected chi connectivity index (χ4v) is 4.50. The second-order valence-electron chi connectivity index (χ2n) is 4.67. The zero-order valence-corrected chi connectivity index (χ0v) is 15.0. The maximum atomic E-state index is 12.3. The van der Waals surface area contributed by atoms with Crippen molar-refractivity contribution in [1.29, 1.82) is 0 Å². The second-order valence-corrected chi connectivity index (χ2v) is 7.80. The maximum Gasteiger partial charge on any atom is 0.289 e. The minimum Gasteiger partial charge on any atom is -0.316 e. The lowest BCUT2D eigenvalue weighted by atomic mass is 10.2. The van der Waals surface area contributed by atoms with Gasteiger partial charge in [-0.15, -0.1) is 11.3 Å². The number of hydrogen-bond acceptors (Lipinski definition) is 3. The van der Waals surface area contributed by atoms with Gasteiger partial charge in [0, 0.05) is 11.6 Å². The minimum absolute atomic E-state index is 0.269. The molecule has 22 heavy (non-hydrogen) atoms. The summed E-state index contributed by atoms with van der Waals surface area (Å²) in [6, 6.07) is 7.25. The highest BCUT2D eigenvalue weighted by Gasteiger charge is 2.12. The number of fused-ring (bicyclic) bond motifs is 1. The summed E-state index contributed by atoms with van der Waals surface area (Å²) in [5.74, 6) is -0.269. The molecule has 0 aliphatic heterocycles. The Kier molecular flexibility index (Phi) is 4.41. The number of amides is 1. The summed E-state index contributed by atoms with van der Waals surface area (Å²) in [4.78, 5) is 17.8. The third-order valence-corrected chi connectivity index (χ3v) is 6.00. The third-order valence-electron chi connectivity index (χ3n) is 3.33. The molecule has 0 saturated heterocycles. The fourth-order valence-electron chi connectivity index (χ4n) is 2.27. The molecular formula is C15H12Cl2N2OS2. The van der Waals surface area contributed by atoms with Crippen LogP contribution >= 0.6 is 45.9 Å². The van der Waals surface area contributed by atoms with Crippen molar-refractivity contribution in [3.63, 3.8) is 0 Å². The molecule has 1 amide bonds. The molecule has 7 heteroatoms. The first kappa shape index (κ1) is 15.7. The Hall–Kier alpha value is -1.14. The van der Waals surface area contributed by atoms with Crippen molar-refractivity contribution in [1.82, 2.24) is 4.57 Å². The van der Waals surface area contributed by atoms with Gasteiger partial charge in [0.25, 0.3) is 5.91 Å². The molecule has 0 N–H and O–H groups in total. The van der Waals surface area contributed by atoms with E-state index in [4.69, 9.17) is 23.2 Å².